The van der Waals surface area contributed by atoms with E-state index in [9.17, 15) is 14.7 Å². The van der Waals surface area contributed by atoms with Gasteiger partial charge in [0.2, 0.25) is 0 Å². The summed E-state index contributed by atoms with van der Waals surface area (Å²) in [4.78, 5) is 35.9. The third kappa shape index (κ3) is 5.11. The Labute approximate surface area is 214 Å². The summed E-state index contributed by atoms with van der Waals surface area (Å²) in [5.74, 6) is -1.02. The largest absolute Gasteiger partial charge is 0.507 e. The Bertz CT molecular complexity index is 1450. The lowest BCUT2D eigenvalue weighted by molar-refractivity contribution is -0.140. The van der Waals surface area contributed by atoms with Crippen molar-refractivity contribution in [3.8, 4) is 5.75 Å². The first-order valence-electron chi connectivity index (χ1n) is 11.9. The zero-order chi connectivity index (χ0) is 25.8. The van der Waals surface area contributed by atoms with Crippen LogP contribution in [0.1, 0.15) is 33.9 Å². The van der Waals surface area contributed by atoms with E-state index in [4.69, 9.17) is 4.74 Å². The van der Waals surface area contributed by atoms with Gasteiger partial charge in [0.25, 0.3) is 11.7 Å². The monoisotopic (exact) mass is 491 g/mol. The summed E-state index contributed by atoms with van der Waals surface area (Å²) in [6.07, 6.45) is 6.49. The lowest BCUT2D eigenvalue weighted by atomic mass is 9.96. The van der Waals surface area contributed by atoms with Crippen molar-refractivity contribution in [2.45, 2.75) is 26.1 Å². The second-order valence-electron chi connectivity index (χ2n) is 8.87. The van der Waals surface area contributed by atoms with E-state index in [0.717, 1.165) is 16.7 Å². The molecular weight excluding hydrogens is 466 g/mol. The van der Waals surface area contributed by atoms with Crippen LogP contribution in [0.4, 0.5) is 0 Å². The number of carbonyl (C=O) groups excluding carboxylic acids is 2. The van der Waals surface area contributed by atoms with E-state index >= 15 is 0 Å². The average Bonchev–Trinajstić information content (AvgIpc) is 3.18. The topological polar surface area (TPSA) is 92.6 Å². The van der Waals surface area contributed by atoms with Crippen LogP contribution in [-0.4, -0.2) is 31.7 Å². The molecule has 2 aromatic carbocycles. The third-order valence-electron chi connectivity index (χ3n) is 6.25. The van der Waals surface area contributed by atoms with E-state index in [1.807, 2.05) is 31.2 Å². The Morgan fingerprint density at radius 2 is 1.68 bits per heavy atom. The quantitative estimate of drug-likeness (QED) is 0.223. The molecule has 184 valence electrons. The van der Waals surface area contributed by atoms with Crippen LogP contribution in [-0.2, 0) is 22.7 Å². The lowest BCUT2D eigenvalue weighted by Crippen LogP contribution is -2.29. The number of rotatable bonds is 7. The zero-order valence-corrected chi connectivity index (χ0v) is 20.2. The molecule has 37 heavy (non-hydrogen) atoms. The number of aliphatic hydroxyl groups excluding tert-OH is 1. The number of amides is 1. The van der Waals surface area contributed by atoms with Gasteiger partial charge in [-0.05, 0) is 66.1 Å². The molecule has 1 fully saturated rings. The molecule has 1 atom stereocenters. The summed E-state index contributed by atoms with van der Waals surface area (Å²) in [6.45, 7) is 2.61. The maximum Gasteiger partial charge on any atom is 0.295 e. The van der Waals surface area contributed by atoms with Crippen molar-refractivity contribution in [2.24, 2.45) is 0 Å². The number of ketones is 1. The molecule has 7 nitrogen and oxygen atoms in total. The lowest BCUT2D eigenvalue weighted by Gasteiger charge is -2.25. The van der Waals surface area contributed by atoms with Crippen molar-refractivity contribution in [2.75, 3.05) is 0 Å². The molecule has 2 aromatic heterocycles. The Hall–Kier alpha value is -4.78. The van der Waals surface area contributed by atoms with Crippen molar-refractivity contribution in [1.82, 2.24) is 14.9 Å². The summed E-state index contributed by atoms with van der Waals surface area (Å²) in [5.41, 5.74) is 4.12. The molecule has 0 saturated carbocycles. The highest BCUT2D eigenvalue weighted by atomic mass is 16.5. The second kappa shape index (κ2) is 10.5. The first-order chi connectivity index (χ1) is 18.0. The van der Waals surface area contributed by atoms with Crippen molar-refractivity contribution < 1.29 is 19.4 Å². The molecule has 1 aliphatic rings. The molecule has 1 saturated heterocycles. The normalized spacial score (nSPS) is 16.7. The molecule has 5 rings (SSSR count). The van der Waals surface area contributed by atoms with Gasteiger partial charge < -0.3 is 14.7 Å². The Balaban J connectivity index is 1.45. The van der Waals surface area contributed by atoms with Gasteiger partial charge in [0.1, 0.15) is 18.1 Å². The minimum absolute atomic E-state index is 0.0357. The molecule has 4 aromatic rings. The molecule has 7 heteroatoms. The van der Waals surface area contributed by atoms with Crippen molar-refractivity contribution in [1.29, 1.82) is 0 Å². The molecule has 0 spiro atoms. The SMILES string of the molecule is Cc1cccc(COc2ccc(/C(O)=C3\C(=O)C(=O)N(Cc4cccnc4)[C@@H]3c3ccncc3)cc2)c1. The number of carbonyl (C=O) groups is 2. The van der Waals surface area contributed by atoms with Crippen LogP contribution in [0, 0.1) is 6.92 Å². The third-order valence-corrected chi connectivity index (χ3v) is 6.25. The average molecular weight is 492 g/mol. The minimum atomic E-state index is -0.763. The molecule has 0 radical (unpaired) electrons. The van der Waals surface area contributed by atoms with E-state index in [0.29, 0.717) is 23.5 Å². The summed E-state index contributed by atoms with van der Waals surface area (Å²) in [6, 6.07) is 21.2. The van der Waals surface area contributed by atoms with E-state index in [2.05, 4.69) is 16.0 Å². The van der Waals surface area contributed by atoms with Gasteiger partial charge >= 0.3 is 0 Å². The van der Waals surface area contributed by atoms with Gasteiger partial charge in [-0.2, -0.15) is 0 Å². The highest BCUT2D eigenvalue weighted by Crippen LogP contribution is 2.40. The van der Waals surface area contributed by atoms with Crippen LogP contribution in [0.25, 0.3) is 5.76 Å². The Morgan fingerprint density at radius 3 is 2.38 bits per heavy atom. The van der Waals surface area contributed by atoms with Gasteiger partial charge in [-0.1, -0.05) is 35.9 Å². The van der Waals surface area contributed by atoms with Crippen molar-refractivity contribution in [3.63, 3.8) is 0 Å². The van der Waals surface area contributed by atoms with Crippen LogP contribution >= 0.6 is 0 Å². The van der Waals surface area contributed by atoms with E-state index in [-0.39, 0.29) is 17.9 Å². The maximum absolute atomic E-state index is 13.2. The van der Waals surface area contributed by atoms with Gasteiger partial charge in [-0.15, -0.1) is 0 Å². The van der Waals surface area contributed by atoms with Gasteiger partial charge in [-0.3, -0.25) is 19.6 Å². The number of Topliss-reactive ketones (excluding diaryl/α,β-unsaturated/α-hetero) is 1. The van der Waals surface area contributed by atoms with Gasteiger partial charge in [0, 0.05) is 36.9 Å². The Morgan fingerprint density at radius 1 is 0.919 bits per heavy atom. The highest BCUT2D eigenvalue weighted by molar-refractivity contribution is 6.46. The van der Waals surface area contributed by atoms with Crippen LogP contribution in [0.15, 0.2) is 103 Å². The first kappa shape index (κ1) is 23.9. The zero-order valence-electron chi connectivity index (χ0n) is 20.2. The number of hydrogen-bond donors (Lipinski definition) is 1. The molecule has 0 aliphatic carbocycles. The van der Waals surface area contributed by atoms with Crippen LogP contribution in [0.5, 0.6) is 5.75 Å². The first-order valence-corrected chi connectivity index (χ1v) is 11.9. The van der Waals surface area contributed by atoms with Crippen molar-refractivity contribution in [3.05, 3.63) is 131 Å². The van der Waals surface area contributed by atoms with Gasteiger partial charge in [0.15, 0.2) is 0 Å². The summed E-state index contributed by atoms with van der Waals surface area (Å²) in [7, 11) is 0. The molecular formula is C30H25N3O4. The fourth-order valence-electron chi connectivity index (χ4n) is 4.46. The maximum atomic E-state index is 13.2. The number of benzene rings is 2. The standard InChI is InChI=1S/C30H25N3O4/c1-20-4-2-5-21(16-20)19-37-25-9-7-24(8-10-25)28(34)26-27(23-11-14-31-15-12-23)33(30(36)29(26)35)18-22-6-3-13-32-17-22/h2-17,27,34H,18-19H2,1H3/b28-26+/t27-/m1/s1. The fraction of sp³-hybridized carbons (Fsp3) is 0.133. The highest BCUT2D eigenvalue weighted by Gasteiger charge is 2.46. The summed E-state index contributed by atoms with van der Waals surface area (Å²) < 4.78 is 5.88. The van der Waals surface area contributed by atoms with E-state index < -0.39 is 17.7 Å². The number of aryl methyl sites for hydroxylation is 1. The summed E-state index contributed by atoms with van der Waals surface area (Å²) >= 11 is 0. The number of nitrogens with zero attached hydrogens (tertiary/aromatic N) is 3. The Kier molecular flexibility index (Phi) is 6.76. The number of likely N-dealkylation sites (tertiary alicyclic amines) is 1. The molecule has 1 aliphatic heterocycles. The predicted molar refractivity (Wildman–Crippen MR) is 138 cm³/mol. The van der Waals surface area contributed by atoms with E-state index in [1.54, 1.807) is 67.3 Å². The minimum Gasteiger partial charge on any atom is -0.507 e. The molecule has 1 amide bonds. The number of aromatic nitrogens is 2. The fourth-order valence-corrected chi connectivity index (χ4v) is 4.46. The van der Waals surface area contributed by atoms with E-state index in [1.165, 1.54) is 4.90 Å². The number of ether oxygens (including phenoxy) is 1. The molecule has 3 heterocycles. The molecule has 1 N–H and O–H groups in total. The van der Waals surface area contributed by atoms with Gasteiger partial charge in [0.05, 0.1) is 11.6 Å². The smallest absolute Gasteiger partial charge is 0.295 e. The predicted octanol–water partition coefficient (Wildman–Crippen LogP) is 4.99. The second-order valence-corrected chi connectivity index (χ2v) is 8.87. The van der Waals surface area contributed by atoms with Crippen LogP contribution in [0.3, 0.4) is 0 Å². The van der Waals surface area contributed by atoms with Crippen LogP contribution in [0.2, 0.25) is 0 Å². The van der Waals surface area contributed by atoms with Crippen LogP contribution < -0.4 is 4.74 Å². The van der Waals surface area contributed by atoms with Gasteiger partial charge in [-0.25, -0.2) is 0 Å². The van der Waals surface area contributed by atoms with Crippen molar-refractivity contribution >= 4 is 17.4 Å². The summed E-state index contributed by atoms with van der Waals surface area (Å²) in [5, 5.41) is 11.3. The molecule has 0 unspecified atom stereocenters. The number of pyridine rings is 2. The number of hydrogen-bond acceptors (Lipinski definition) is 6. The number of aliphatic hydroxyl groups is 1. The molecule has 0 bridgehead atoms.